The minimum Gasteiger partial charge on any atom is -0.379 e. The normalized spacial score (nSPS) is 29.2. The molecule has 0 aliphatic carbocycles. The van der Waals surface area contributed by atoms with Crippen LogP contribution in [0.5, 0.6) is 0 Å². The first-order valence-electron chi connectivity index (χ1n) is 4.46. The van der Waals surface area contributed by atoms with Crippen molar-refractivity contribution in [3.63, 3.8) is 0 Å². The van der Waals surface area contributed by atoms with E-state index in [2.05, 4.69) is 5.32 Å². The van der Waals surface area contributed by atoms with Gasteiger partial charge in [-0.2, -0.15) is 0 Å². The van der Waals surface area contributed by atoms with Gasteiger partial charge in [0.15, 0.2) is 0 Å². The van der Waals surface area contributed by atoms with E-state index in [9.17, 15) is 9.59 Å². The van der Waals surface area contributed by atoms with Gasteiger partial charge in [-0.05, 0) is 12.8 Å². The molecule has 1 atom stereocenters. The third kappa shape index (κ3) is 1.51. The minimum atomic E-state index is -0.277. The minimum absolute atomic E-state index is 0.0521. The van der Waals surface area contributed by atoms with Crippen LogP contribution in [0, 0.1) is 0 Å². The summed E-state index contributed by atoms with van der Waals surface area (Å²) in [6, 6.07) is -0.329. The van der Waals surface area contributed by atoms with Crippen molar-refractivity contribution in [2.24, 2.45) is 0 Å². The third-order valence-corrected chi connectivity index (χ3v) is 2.38. The van der Waals surface area contributed by atoms with Crippen LogP contribution in [0.2, 0.25) is 0 Å². The number of nitrogens with one attached hydrogen (secondary N) is 1. The van der Waals surface area contributed by atoms with Crippen LogP contribution in [0.15, 0.2) is 0 Å². The molecule has 2 aliphatic rings. The lowest BCUT2D eigenvalue weighted by Gasteiger charge is -2.28. The van der Waals surface area contributed by atoms with E-state index in [0.717, 1.165) is 19.4 Å². The molecule has 2 heterocycles. The molecule has 2 rings (SSSR count). The van der Waals surface area contributed by atoms with Gasteiger partial charge in [-0.1, -0.05) is 0 Å². The van der Waals surface area contributed by atoms with E-state index >= 15 is 0 Å². The molecular weight excluding hydrogens is 172 g/mol. The lowest BCUT2D eigenvalue weighted by Crippen LogP contribution is -2.45. The predicted octanol–water partition coefficient (Wildman–Crippen LogP) is -0.283. The lowest BCUT2D eigenvalue weighted by molar-refractivity contribution is -0.128. The van der Waals surface area contributed by atoms with Crippen LogP contribution in [0.25, 0.3) is 0 Å². The number of ether oxygens (including phenoxy) is 1. The highest BCUT2D eigenvalue weighted by atomic mass is 16.5. The van der Waals surface area contributed by atoms with E-state index in [-0.39, 0.29) is 24.5 Å². The van der Waals surface area contributed by atoms with Crippen LogP contribution >= 0.6 is 0 Å². The number of nitrogens with zero attached hydrogens (tertiary/aromatic N) is 1. The van der Waals surface area contributed by atoms with E-state index in [1.165, 1.54) is 4.90 Å². The zero-order valence-electron chi connectivity index (χ0n) is 7.28. The molecule has 0 saturated carbocycles. The molecular formula is C8H12N2O3. The van der Waals surface area contributed by atoms with Crippen molar-refractivity contribution >= 4 is 11.9 Å². The zero-order valence-corrected chi connectivity index (χ0v) is 7.28. The Morgan fingerprint density at radius 3 is 2.85 bits per heavy atom. The number of amides is 3. The summed E-state index contributed by atoms with van der Waals surface area (Å²) in [6.45, 7) is 1.36. The summed E-state index contributed by atoms with van der Waals surface area (Å²) in [6.07, 6.45) is 1.78. The van der Waals surface area contributed by atoms with Crippen LogP contribution in [-0.4, -0.2) is 42.6 Å². The molecule has 2 saturated heterocycles. The average molecular weight is 184 g/mol. The first kappa shape index (κ1) is 8.50. The molecule has 0 spiro atoms. The van der Waals surface area contributed by atoms with Crippen LogP contribution in [-0.2, 0) is 9.53 Å². The van der Waals surface area contributed by atoms with Crippen molar-refractivity contribution in [3.05, 3.63) is 0 Å². The molecule has 1 unspecified atom stereocenters. The molecule has 0 bridgehead atoms. The van der Waals surface area contributed by atoms with Crippen LogP contribution < -0.4 is 5.32 Å². The second-order valence-electron chi connectivity index (χ2n) is 3.29. The summed E-state index contributed by atoms with van der Waals surface area (Å²) in [7, 11) is 0. The highest BCUT2D eigenvalue weighted by molar-refractivity contribution is 6.02. The maximum absolute atomic E-state index is 11.3. The van der Waals surface area contributed by atoms with Gasteiger partial charge in [0.25, 0.3) is 0 Å². The van der Waals surface area contributed by atoms with Gasteiger partial charge in [-0.25, -0.2) is 4.79 Å². The second-order valence-corrected chi connectivity index (χ2v) is 3.29. The Morgan fingerprint density at radius 2 is 2.31 bits per heavy atom. The molecule has 3 amide bonds. The first-order chi connectivity index (χ1) is 6.29. The van der Waals surface area contributed by atoms with E-state index in [0.29, 0.717) is 6.61 Å². The number of hydrogen-bond acceptors (Lipinski definition) is 3. The zero-order chi connectivity index (χ0) is 9.26. The molecule has 2 fully saturated rings. The number of carbonyl (C=O) groups excluding carboxylic acids is 2. The van der Waals surface area contributed by atoms with Gasteiger partial charge in [0, 0.05) is 6.61 Å². The van der Waals surface area contributed by atoms with E-state index in [4.69, 9.17) is 4.74 Å². The summed E-state index contributed by atoms with van der Waals surface area (Å²) in [4.78, 5) is 23.8. The third-order valence-electron chi connectivity index (χ3n) is 2.38. The molecule has 0 aromatic carbocycles. The fourth-order valence-electron chi connectivity index (χ4n) is 1.73. The van der Waals surface area contributed by atoms with Crippen LogP contribution in [0.3, 0.4) is 0 Å². The van der Waals surface area contributed by atoms with Crippen molar-refractivity contribution in [1.29, 1.82) is 0 Å². The van der Waals surface area contributed by atoms with E-state index in [1.807, 2.05) is 0 Å². The van der Waals surface area contributed by atoms with Gasteiger partial charge in [-0.15, -0.1) is 0 Å². The number of hydrogen-bond donors (Lipinski definition) is 1. The van der Waals surface area contributed by atoms with Gasteiger partial charge >= 0.3 is 6.03 Å². The fourth-order valence-corrected chi connectivity index (χ4v) is 1.73. The first-order valence-corrected chi connectivity index (χ1v) is 4.46. The van der Waals surface area contributed by atoms with E-state index < -0.39 is 0 Å². The molecule has 5 nitrogen and oxygen atoms in total. The van der Waals surface area contributed by atoms with Crippen LogP contribution in [0.4, 0.5) is 4.79 Å². The number of urea groups is 1. The number of rotatable bonds is 1. The van der Waals surface area contributed by atoms with E-state index in [1.54, 1.807) is 0 Å². The van der Waals surface area contributed by atoms with Crippen molar-refractivity contribution in [2.75, 3.05) is 19.8 Å². The summed E-state index contributed by atoms with van der Waals surface area (Å²) >= 11 is 0. The summed E-state index contributed by atoms with van der Waals surface area (Å²) in [5.41, 5.74) is 0. The molecule has 72 valence electrons. The molecule has 0 radical (unpaired) electrons. The van der Waals surface area contributed by atoms with Gasteiger partial charge < -0.3 is 10.1 Å². The predicted molar refractivity (Wildman–Crippen MR) is 44.1 cm³/mol. The van der Waals surface area contributed by atoms with Gasteiger partial charge in [0.2, 0.25) is 5.91 Å². The second kappa shape index (κ2) is 3.33. The van der Waals surface area contributed by atoms with Crippen molar-refractivity contribution < 1.29 is 14.3 Å². The fraction of sp³-hybridized carbons (Fsp3) is 0.750. The summed E-state index contributed by atoms with van der Waals surface area (Å²) in [5, 5.41) is 2.50. The Balaban J connectivity index is 2.05. The summed E-state index contributed by atoms with van der Waals surface area (Å²) < 4.78 is 5.22. The quantitative estimate of drug-likeness (QED) is 0.570. The molecule has 0 aromatic rings. The van der Waals surface area contributed by atoms with Crippen molar-refractivity contribution in [3.8, 4) is 0 Å². The Morgan fingerprint density at radius 1 is 1.46 bits per heavy atom. The lowest BCUT2D eigenvalue weighted by atomic mass is 10.1. The van der Waals surface area contributed by atoms with Gasteiger partial charge in [0.1, 0.15) is 0 Å². The molecule has 13 heavy (non-hydrogen) atoms. The Labute approximate surface area is 76.0 Å². The topological polar surface area (TPSA) is 58.6 Å². The highest BCUT2D eigenvalue weighted by Gasteiger charge is 2.35. The smallest absolute Gasteiger partial charge is 0.324 e. The Hall–Kier alpha value is -1.10. The molecule has 5 heteroatoms. The Kier molecular flexibility index (Phi) is 2.18. The highest BCUT2D eigenvalue weighted by Crippen LogP contribution is 2.15. The van der Waals surface area contributed by atoms with Gasteiger partial charge in [-0.3, -0.25) is 9.69 Å². The SMILES string of the molecule is O=C1CNC(=O)N1C1CCCOC1. The maximum Gasteiger partial charge on any atom is 0.324 e. The monoisotopic (exact) mass is 184 g/mol. The number of imide groups is 1. The summed E-state index contributed by atoms with van der Waals surface area (Å²) in [5.74, 6) is -0.138. The van der Waals surface area contributed by atoms with Crippen LogP contribution in [0.1, 0.15) is 12.8 Å². The number of carbonyl (C=O) groups is 2. The van der Waals surface area contributed by atoms with Crippen molar-refractivity contribution in [2.45, 2.75) is 18.9 Å². The average Bonchev–Trinajstić information content (AvgIpc) is 2.48. The molecule has 0 aromatic heterocycles. The maximum atomic E-state index is 11.3. The largest absolute Gasteiger partial charge is 0.379 e. The van der Waals surface area contributed by atoms with Gasteiger partial charge in [0.05, 0.1) is 19.2 Å². The standard InChI is InChI=1S/C8H12N2O3/c11-7-4-9-8(12)10(7)6-2-1-3-13-5-6/h6H,1-5H2,(H,9,12). The molecule has 2 aliphatic heterocycles. The van der Waals surface area contributed by atoms with Crippen molar-refractivity contribution in [1.82, 2.24) is 10.2 Å². The molecule has 1 N–H and O–H groups in total. The Bertz CT molecular complexity index is 220.